The molecule has 0 amide bonds. The quantitative estimate of drug-likeness (QED) is 0.455. The molecule has 0 bridgehead atoms. The second-order valence-corrected chi connectivity index (χ2v) is 10.1. The normalized spacial score (nSPS) is 17.6. The first-order valence-corrected chi connectivity index (χ1v) is 12.5. The van der Waals surface area contributed by atoms with Crippen LogP contribution in [0.1, 0.15) is 71.6 Å². The van der Waals surface area contributed by atoms with E-state index in [2.05, 4.69) is 18.7 Å². The largest absolute Gasteiger partial charge is 0.491 e. The number of rotatable bonds is 12. The van der Waals surface area contributed by atoms with Gasteiger partial charge in [-0.25, -0.2) is 8.42 Å². The van der Waals surface area contributed by atoms with E-state index in [4.69, 9.17) is 4.74 Å². The number of hydrogen-bond donors (Lipinski definition) is 0. The van der Waals surface area contributed by atoms with Gasteiger partial charge in [-0.1, -0.05) is 51.9 Å². The predicted molar refractivity (Wildman–Crippen MR) is 115 cm³/mol. The summed E-state index contributed by atoms with van der Waals surface area (Å²) >= 11 is 0. The summed E-state index contributed by atoms with van der Waals surface area (Å²) in [6, 6.07) is 8.08. The maximum Gasteiger partial charge on any atom is 0.153 e. The Kier molecular flexibility index (Phi) is 9.46. The van der Waals surface area contributed by atoms with E-state index in [0.717, 1.165) is 17.9 Å². The van der Waals surface area contributed by atoms with Crippen molar-refractivity contribution in [1.82, 2.24) is 0 Å². The van der Waals surface area contributed by atoms with E-state index in [1.807, 2.05) is 24.3 Å². The molecule has 154 valence electrons. The average Bonchev–Trinajstić information content (AvgIpc) is 2.65. The van der Waals surface area contributed by atoms with Gasteiger partial charge in [-0.2, -0.15) is 0 Å². The third-order valence-electron chi connectivity index (χ3n) is 5.35. The van der Waals surface area contributed by atoms with Gasteiger partial charge in [0.2, 0.25) is 0 Å². The first-order chi connectivity index (χ1) is 13.0. The molecule has 0 radical (unpaired) electrons. The van der Waals surface area contributed by atoms with E-state index < -0.39 is 9.84 Å². The van der Waals surface area contributed by atoms with Crippen molar-refractivity contribution in [3.05, 3.63) is 24.3 Å². The van der Waals surface area contributed by atoms with Gasteiger partial charge in [0.1, 0.15) is 5.75 Å². The van der Waals surface area contributed by atoms with Crippen LogP contribution in [0.2, 0.25) is 0 Å². The Hall–Kier alpha value is -1.23. The molecular formula is C22H37NO3S. The number of ether oxygens (including phenoxy) is 1. The zero-order valence-electron chi connectivity index (χ0n) is 17.2. The Morgan fingerprint density at radius 1 is 0.926 bits per heavy atom. The fourth-order valence-electron chi connectivity index (χ4n) is 3.56. The number of sulfone groups is 1. The van der Waals surface area contributed by atoms with Gasteiger partial charge in [0, 0.05) is 18.8 Å². The number of anilines is 1. The second kappa shape index (κ2) is 11.6. The zero-order chi connectivity index (χ0) is 19.5. The van der Waals surface area contributed by atoms with E-state index in [0.29, 0.717) is 13.1 Å². The fraction of sp³-hybridized carbons (Fsp3) is 0.727. The highest BCUT2D eigenvalue weighted by molar-refractivity contribution is 7.91. The Bertz CT molecular complexity index is 613. The third kappa shape index (κ3) is 8.54. The number of hydrogen-bond acceptors (Lipinski definition) is 4. The van der Waals surface area contributed by atoms with Gasteiger partial charge in [0.25, 0.3) is 0 Å². The topological polar surface area (TPSA) is 46.6 Å². The average molecular weight is 396 g/mol. The molecule has 0 saturated carbocycles. The molecule has 0 aliphatic carbocycles. The Balaban J connectivity index is 1.62. The van der Waals surface area contributed by atoms with Crippen LogP contribution in [-0.4, -0.2) is 39.1 Å². The van der Waals surface area contributed by atoms with Crippen LogP contribution in [0.25, 0.3) is 0 Å². The number of nitrogens with zero attached hydrogens (tertiary/aromatic N) is 1. The molecular weight excluding hydrogens is 358 g/mol. The third-order valence-corrected chi connectivity index (χ3v) is 6.96. The van der Waals surface area contributed by atoms with Crippen LogP contribution < -0.4 is 9.64 Å². The molecule has 1 aromatic carbocycles. The molecule has 1 aliphatic heterocycles. The minimum atomic E-state index is -2.83. The summed E-state index contributed by atoms with van der Waals surface area (Å²) in [4.78, 5) is 2.13. The van der Waals surface area contributed by atoms with E-state index in [1.54, 1.807) is 0 Å². The Morgan fingerprint density at radius 2 is 1.48 bits per heavy atom. The maximum atomic E-state index is 11.5. The van der Waals surface area contributed by atoms with Crippen molar-refractivity contribution in [2.75, 3.05) is 29.5 Å². The van der Waals surface area contributed by atoms with Crippen molar-refractivity contribution >= 4 is 15.5 Å². The molecule has 0 aromatic heterocycles. The van der Waals surface area contributed by atoms with Gasteiger partial charge >= 0.3 is 0 Å². The van der Waals surface area contributed by atoms with Crippen molar-refractivity contribution in [3.63, 3.8) is 0 Å². The van der Waals surface area contributed by atoms with Crippen molar-refractivity contribution in [2.45, 2.75) is 77.7 Å². The second-order valence-electron chi connectivity index (χ2n) is 7.82. The van der Waals surface area contributed by atoms with Gasteiger partial charge in [-0.15, -0.1) is 0 Å². The van der Waals surface area contributed by atoms with Crippen LogP contribution in [-0.2, 0) is 9.84 Å². The van der Waals surface area contributed by atoms with Crippen LogP contribution in [0.15, 0.2) is 24.3 Å². The highest BCUT2D eigenvalue weighted by Gasteiger charge is 2.21. The predicted octanol–water partition coefficient (Wildman–Crippen LogP) is 5.22. The molecule has 1 atom stereocenters. The van der Waals surface area contributed by atoms with E-state index >= 15 is 0 Å². The highest BCUT2D eigenvalue weighted by Crippen LogP contribution is 2.23. The molecule has 0 N–H and O–H groups in total. The smallest absolute Gasteiger partial charge is 0.153 e. The van der Waals surface area contributed by atoms with Gasteiger partial charge in [0.05, 0.1) is 17.6 Å². The van der Waals surface area contributed by atoms with Crippen LogP contribution in [0.5, 0.6) is 5.75 Å². The lowest BCUT2D eigenvalue weighted by molar-refractivity contribution is 0.206. The standard InChI is InChI=1S/C22H37NO3S/c1-3-4-5-6-7-8-9-10-11-20(2)26-22-14-12-21(13-15-22)23-16-18-27(24,25)19-17-23/h12-15,20H,3-11,16-19H2,1-2H3. The SMILES string of the molecule is CCCCCCCCCCC(C)Oc1ccc(N2CCS(=O)(=O)CC2)cc1. The molecule has 1 saturated heterocycles. The molecule has 2 rings (SSSR count). The van der Waals surface area contributed by atoms with Crippen LogP contribution in [0.3, 0.4) is 0 Å². The van der Waals surface area contributed by atoms with Gasteiger partial charge < -0.3 is 9.64 Å². The summed E-state index contributed by atoms with van der Waals surface area (Å²) in [5, 5.41) is 0. The maximum absolute atomic E-state index is 11.5. The lowest BCUT2D eigenvalue weighted by Gasteiger charge is -2.28. The van der Waals surface area contributed by atoms with Crippen LogP contribution in [0.4, 0.5) is 5.69 Å². The first kappa shape index (κ1) is 22.1. The highest BCUT2D eigenvalue weighted by atomic mass is 32.2. The van der Waals surface area contributed by atoms with Gasteiger partial charge in [0.15, 0.2) is 9.84 Å². The monoisotopic (exact) mass is 395 g/mol. The lowest BCUT2D eigenvalue weighted by atomic mass is 10.1. The molecule has 1 heterocycles. The summed E-state index contributed by atoms with van der Waals surface area (Å²) in [5.41, 5.74) is 1.08. The van der Waals surface area contributed by atoms with E-state index in [-0.39, 0.29) is 17.6 Å². The van der Waals surface area contributed by atoms with Crippen molar-refractivity contribution in [1.29, 1.82) is 0 Å². The first-order valence-electron chi connectivity index (χ1n) is 10.7. The number of unbranched alkanes of at least 4 members (excludes halogenated alkanes) is 7. The summed E-state index contributed by atoms with van der Waals surface area (Å²) in [5.74, 6) is 1.40. The van der Waals surface area contributed by atoms with Crippen LogP contribution >= 0.6 is 0 Å². The summed E-state index contributed by atoms with van der Waals surface area (Å²) < 4.78 is 29.1. The molecule has 1 fully saturated rings. The molecule has 4 nitrogen and oxygen atoms in total. The summed E-state index contributed by atoms with van der Waals surface area (Å²) in [6.45, 7) is 5.56. The minimum Gasteiger partial charge on any atom is -0.491 e. The number of benzene rings is 1. The molecule has 0 spiro atoms. The lowest BCUT2D eigenvalue weighted by Crippen LogP contribution is -2.40. The molecule has 27 heavy (non-hydrogen) atoms. The molecule has 5 heteroatoms. The minimum absolute atomic E-state index is 0.232. The summed E-state index contributed by atoms with van der Waals surface area (Å²) in [6.07, 6.45) is 12.0. The van der Waals surface area contributed by atoms with Gasteiger partial charge in [-0.05, 0) is 44.0 Å². The van der Waals surface area contributed by atoms with E-state index in [1.165, 1.54) is 51.4 Å². The summed E-state index contributed by atoms with van der Waals surface area (Å²) in [7, 11) is -2.83. The Labute approximate surface area is 166 Å². The molecule has 1 aromatic rings. The van der Waals surface area contributed by atoms with Crippen molar-refractivity contribution in [2.24, 2.45) is 0 Å². The van der Waals surface area contributed by atoms with Gasteiger partial charge in [-0.3, -0.25) is 0 Å². The van der Waals surface area contributed by atoms with Crippen molar-refractivity contribution in [3.8, 4) is 5.75 Å². The van der Waals surface area contributed by atoms with Crippen LogP contribution in [0, 0.1) is 0 Å². The zero-order valence-corrected chi connectivity index (χ0v) is 18.0. The molecule has 1 aliphatic rings. The van der Waals surface area contributed by atoms with Crippen molar-refractivity contribution < 1.29 is 13.2 Å². The van der Waals surface area contributed by atoms with E-state index in [9.17, 15) is 8.42 Å². The Morgan fingerprint density at radius 3 is 2.07 bits per heavy atom. The molecule has 1 unspecified atom stereocenters. The fourth-order valence-corrected chi connectivity index (χ4v) is 4.76.